The normalized spacial score (nSPS) is 28.8. The van der Waals surface area contributed by atoms with Crippen LogP contribution in [0.3, 0.4) is 0 Å². The maximum atomic E-state index is 12.7. The van der Waals surface area contributed by atoms with Gasteiger partial charge >= 0.3 is 5.97 Å². The molecule has 3 N–H and O–H groups in total. The molecule has 1 amide bonds. The summed E-state index contributed by atoms with van der Waals surface area (Å²) in [5.74, 6) is -1.29. The number of hydrogen-bond acceptors (Lipinski definition) is 4. The first kappa shape index (κ1) is 16.2. The van der Waals surface area contributed by atoms with Gasteiger partial charge in [0.05, 0.1) is 17.9 Å². The van der Waals surface area contributed by atoms with Crippen LogP contribution in [0.1, 0.15) is 38.5 Å². The molecular formula is C15H26N2O4. The van der Waals surface area contributed by atoms with Crippen LogP contribution >= 0.6 is 0 Å². The molecule has 6 nitrogen and oxygen atoms in total. The summed E-state index contributed by atoms with van der Waals surface area (Å²) in [4.78, 5) is 24.1. The summed E-state index contributed by atoms with van der Waals surface area (Å²) in [6, 6.07) is -0.243. The van der Waals surface area contributed by atoms with E-state index in [1.54, 1.807) is 7.11 Å². The highest BCUT2D eigenvalue weighted by molar-refractivity contribution is 5.84. The van der Waals surface area contributed by atoms with Crippen LogP contribution in [0, 0.1) is 11.3 Å². The Kier molecular flexibility index (Phi) is 5.58. The predicted octanol–water partition coefficient (Wildman–Crippen LogP) is 0.762. The van der Waals surface area contributed by atoms with Crippen molar-refractivity contribution in [2.45, 2.75) is 44.6 Å². The van der Waals surface area contributed by atoms with Crippen molar-refractivity contribution >= 4 is 11.9 Å². The zero-order valence-corrected chi connectivity index (χ0v) is 12.7. The van der Waals surface area contributed by atoms with E-state index in [4.69, 9.17) is 4.74 Å². The van der Waals surface area contributed by atoms with Gasteiger partial charge in [0.1, 0.15) is 0 Å². The van der Waals surface area contributed by atoms with E-state index in [0.29, 0.717) is 13.0 Å². The number of aliphatic carboxylic acids is 1. The van der Waals surface area contributed by atoms with Crippen molar-refractivity contribution in [3.63, 3.8) is 0 Å². The molecule has 2 rings (SSSR count). The zero-order valence-electron chi connectivity index (χ0n) is 12.7. The van der Waals surface area contributed by atoms with Crippen LogP contribution in [0.15, 0.2) is 0 Å². The summed E-state index contributed by atoms with van der Waals surface area (Å²) in [5, 5.41) is 15.6. The fourth-order valence-electron chi connectivity index (χ4n) is 3.54. The molecule has 0 aromatic heterocycles. The number of carbonyl (C=O) groups excluding carboxylic acids is 1. The predicted molar refractivity (Wildman–Crippen MR) is 77.9 cm³/mol. The molecule has 0 spiro atoms. The van der Waals surface area contributed by atoms with Crippen molar-refractivity contribution in [3.05, 3.63) is 0 Å². The SMILES string of the molecule is COCC1(C(=O)NC2CCCCC2C(=O)O)CCNCC1. The first-order valence-corrected chi connectivity index (χ1v) is 7.82. The Morgan fingerprint density at radius 2 is 1.95 bits per heavy atom. The third kappa shape index (κ3) is 3.74. The molecule has 0 aromatic rings. The van der Waals surface area contributed by atoms with Gasteiger partial charge in [0.25, 0.3) is 0 Å². The molecule has 0 bridgehead atoms. The summed E-state index contributed by atoms with van der Waals surface area (Å²) in [6.45, 7) is 1.98. The highest BCUT2D eigenvalue weighted by Gasteiger charge is 2.42. The van der Waals surface area contributed by atoms with Crippen molar-refractivity contribution in [1.82, 2.24) is 10.6 Å². The second-order valence-corrected chi connectivity index (χ2v) is 6.27. The number of piperidine rings is 1. The lowest BCUT2D eigenvalue weighted by atomic mass is 9.77. The molecule has 2 atom stereocenters. The molecule has 0 radical (unpaired) electrons. The van der Waals surface area contributed by atoms with Crippen LogP contribution in [-0.2, 0) is 14.3 Å². The Morgan fingerprint density at radius 3 is 2.57 bits per heavy atom. The van der Waals surface area contributed by atoms with Gasteiger partial charge in [-0.1, -0.05) is 12.8 Å². The van der Waals surface area contributed by atoms with Crippen LogP contribution in [0.2, 0.25) is 0 Å². The summed E-state index contributed by atoms with van der Waals surface area (Å²) in [6.07, 6.45) is 4.78. The average Bonchev–Trinajstić information content (AvgIpc) is 2.49. The van der Waals surface area contributed by atoms with Gasteiger partial charge in [0, 0.05) is 13.2 Å². The fraction of sp³-hybridized carbons (Fsp3) is 0.867. The standard InChI is InChI=1S/C15H26N2O4/c1-21-10-15(6-8-16-9-7-15)14(20)17-12-5-3-2-4-11(12)13(18)19/h11-12,16H,2-10H2,1H3,(H,17,20)(H,18,19). The van der Waals surface area contributed by atoms with Gasteiger partial charge in [-0.25, -0.2) is 0 Å². The smallest absolute Gasteiger partial charge is 0.308 e. The number of carbonyl (C=O) groups is 2. The minimum atomic E-state index is -0.800. The van der Waals surface area contributed by atoms with E-state index in [2.05, 4.69) is 10.6 Å². The fourth-order valence-corrected chi connectivity index (χ4v) is 3.54. The molecule has 2 fully saturated rings. The third-order valence-electron chi connectivity index (χ3n) is 4.86. The number of carboxylic acid groups (broad SMARTS) is 1. The van der Waals surface area contributed by atoms with Gasteiger partial charge in [0.2, 0.25) is 5.91 Å². The van der Waals surface area contributed by atoms with Gasteiger partial charge < -0.3 is 20.5 Å². The maximum Gasteiger partial charge on any atom is 0.308 e. The second-order valence-electron chi connectivity index (χ2n) is 6.27. The minimum absolute atomic E-state index is 0.0380. The average molecular weight is 298 g/mol. The van der Waals surface area contributed by atoms with E-state index in [9.17, 15) is 14.7 Å². The van der Waals surface area contributed by atoms with Gasteiger partial charge in [-0.05, 0) is 38.8 Å². The number of rotatable bonds is 5. The largest absolute Gasteiger partial charge is 0.481 e. The molecule has 1 heterocycles. The van der Waals surface area contributed by atoms with Crippen LogP contribution in [0.5, 0.6) is 0 Å². The van der Waals surface area contributed by atoms with E-state index in [-0.39, 0.29) is 11.9 Å². The molecule has 0 aromatic carbocycles. The van der Waals surface area contributed by atoms with Gasteiger partial charge in [-0.2, -0.15) is 0 Å². The van der Waals surface area contributed by atoms with Gasteiger partial charge in [-0.15, -0.1) is 0 Å². The number of methoxy groups -OCH3 is 1. The van der Waals surface area contributed by atoms with Crippen LogP contribution < -0.4 is 10.6 Å². The lowest BCUT2D eigenvalue weighted by Crippen LogP contribution is -2.55. The first-order valence-electron chi connectivity index (χ1n) is 7.82. The van der Waals surface area contributed by atoms with E-state index in [1.807, 2.05) is 0 Å². The second kappa shape index (κ2) is 7.22. The van der Waals surface area contributed by atoms with E-state index in [1.165, 1.54) is 0 Å². The van der Waals surface area contributed by atoms with E-state index in [0.717, 1.165) is 45.2 Å². The van der Waals surface area contributed by atoms with Crippen molar-refractivity contribution in [2.24, 2.45) is 11.3 Å². The zero-order chi connectivity index (χ0) is 15.3. The Labute approximate surface area is 125 Å². The number of amides is 1. The molecule has 1 aliphatic heterocycles. The maximum absolute atomic E-state index is 12.7. The lowest BCUT2D eigenvalue weighted by molar-refractivity contribution is -0.145. The van der Waals surface area contributed by atoms with Crippen molar-refractivity contribution < 1.29 is 19.4 Å². The van der Waals surface area contributed by atoms with Crippen molar-refractivity contribution in [1.29, 1.82) is 0 Å². The monoisotopic (exact) mass is 298 g/mol. The number of hydrogen-bond donors (Lipinski definition) is 3. The number of carboxylic acids is 1. The number of nitrogens with one attached hydrogen (secondary N) is 2. The molecule has 1 aliphatic carbocycles. The molecular weight excluding hydrogens is 272 g/mol. The first-order chi connectivity index (χ1) is 10.1. The van der Waals surface area contributed by atoms with Crippen molar-refractivity contribution in [3.8, 4) is 0 Å². The third-order valence-corrected chi connectivity index (χ3v) is 4.86. The lowest BCUT2D eigenvalue weighted by Gasteiger charge is -2.38. The highest BCUT2D eigenvalue weighted by Crippen LogP contribution is 2.31. The van der Waals surface area contributed by atoms with Gasteiger partial charge in [0.15, 0.2) is 0 Å². The van der Waals surface area contributed by atoms with E-state index < -0.39 is 17.3 Å². The summed E-state index contributed by atoms with van der Waals surface area (Å²) >= 11 is 0. The van der Waals surface area contributed by atoms with Crippen LogP contribution in [0.25, 0.3) is 0 Å². The van der Waals surface area contributed by atoms with E-state index >= 15 is 0 Å². The molecule has 2 aliphatic rings. The Morgan fingerprint density at radius 1 is 1.29 bits per heavy atom. The van der Waals surface area contributed by atoms with Crippen LogP contribution in [0.4, 0.5) is 0 Å². The molecule has 21 heavy (non-hydrogen) atoms. The van der Waals surface area contributed by atoms with Gasteiger partial charge in [-0.3, -0.25) is 9.59 Å². The Balaban J connectivity index is 2.04. The Hall–Kier alpha value is -1.14. The Bertz CT molecular complexity index is 374. The summed E-state index contributed by atoms with van der Waals surface area (Å²) < 4.78 is 5.26. The topological polar surface area (TPSA) is 87.7 Å². The number of ether oxygens (including phenoxy) is 1. The summed E-state index contributed by atoms with van der Waals surface area (Å²) in [5.41, 5.74) is -0.513. The van der Waals surface area contributed by atoms with Crippen LogP contribution in [-0.4, -0.2) is 49.8 Å². The molecule has 6 heteroatoms. The summed E-state index contributed by atoms with van der Waals surface area (Å²) in [7, 11) is 1.61. The molecule has 120 valence electrons. The molecule has 2 unspecified atom stereocenters. The quantitative estimate of drug-likeness (QED) is 0.697. The van der Waals surface area contributed by atoms with Crippen molar-refractivity contribution in [2.75, 3.05) is 26.8 Å². The molecule has 1 saturated heterocycles. The minimum Gasteiger partial charge on any atom is -0.481 e. The molecule has 1 saturated carbocycles. The highest BCUT2D eigenvalue weighted by atomic mass is 16.5.